The van der Waals surface area contributed by atoms with Gasteiger partial charge in [0.05, 0.1) is 12.7 Å². The molecule has 2 N–H and O–H groups in total. The molecule has 0 bridgehead atoms. The van der Waals surface area contributed by atoms with Crippen molar-refractivity contribution in [1.29, 1.82) is 0 Å². The van der Waals surface area contributed by atoms with E-state index in [1.165, 1.54) is 0 Å². The van der Waals surface area contributed by atoms with Gasteiger partial charge in [0, 0.05) is 6.54 Å². The van der Waals surface area contributed by atoms with Crippen LogP contribution in [0.2, 0.25) is 0 Å². The van der Waals surface area contributed by atoms with Gasteiger partial charge in [-0.3, -0.25) is 4.79 Å². The number of amides is 1. The van der Waals surface area contributed by atoms with Crippen molar-refractivity contribution in [3.8, 4) is 5.75 Å². The average molecular weight is 301 g/mol. The molecule has 118 valence electrons. The van der Waals surface area contributed by atoms with Crippen LogP contribution >= 0.6 is 0 Å². The molecule has 21 heavy (non-hydrogen) atoms. The Hall–Kier alpha value is -1.69. The van der Waals surface area contributed by atoms with E-state index in [0.29, 0.717) is 6.42 Å². The summed E-state index contributed by atoms with van der Waals surface area (Å²) < 4.78 is 32.7. The van der Waals surface area contributed by atoms with Gasteiger partial charge in [0.15, 0.2) is 11.6 Å². The molecular weight excluding hydrogens is 280 g/mol. The third-order valence-corrected chi connectivity index (χ3v) is 2.94. The van der Waals surface area contributed by atoms with Crippen molar-refractivity contribution in [3.05, 3.63) is 29.3 Å². The number of carbonyl (C=O) groups is 1. The van der Waals surface area contributed by atoms with Gasteiger partial charge in [-0.05, 0) is 38.3 Å². The first-order chi connectivity index (χ1) is 9.86. The summed E-state index contributed by atoms with van der Waals surface area (Å²) in [5.41, 5.74) is -0.648. The van der Waals surface area contributed by atoms with Crippen LogP contribution in [-0.4, -0.2) is 30.3 Å². The fraction of sp³-hybridized carbons (Fsp3) is 0.533. The molecule has 0 spiro atoms. The van der Waals surface area contributed by atoms with Gasteiger partial charge in [0.25, 0.3) is 5.91 Å². The van der Waals surface area contributed by atoms with Crippen molar-refractivity contribution in [2.45, 2.75) is 33.3 Å². The predicted molar refractivity (Wildman–Crippen MR) is 75.3 cm³/mol. The molecule has 0 aromatic heterocycles. The van der Waals surface area contributed by atoms with Crippen LogP contribution in [0.5, 0.6) is 5.75 Å². The van der Waals surface area contributed by atoms with Gasteiger partial charge in [-0.15, -0.1) is 0 Å². The summed E-state index contributed by atoms with van der Waals surface area (Å²) in [5, 5.41) is 11.7. The molecule has 6 heteroatoms. The maximum absolute atomic E-state index is 14.0. The van der Waals surface area contributed by atoms with E-state index in [1.54, 1.807) is 13.8 Å². The summed E-state index contributed by atoms with van der Waals surface area (Å²) >= 11 is 0. The molecule has 0 aliphatic heterocycles. The third kappa shape index (κ3) is 4.97. The van der Waals surface area contributed by atoms with Gasteiger partial charge < -0.3 is 15.2 Å². The van der Waals surface area contributed by atoms with E-state index < -0.39 is 29.2 Å². The molecule has 0 aliphatic rings. The van der Waals surface area contributed by atoms with Gasteiger partial charge in [0.1, 0.15) is 11.4 Å². The second-order valence-electron chi connectivity index (χ2n) is 5.07. The van der Waals surface area contributed by atoms with Crippen LogP contribution in [0.3, 0.4) is 0 Å². The van der Waals surface area contributed by atoms with Gasteiger partial charge >= 0.3 is 0 Å². The number of aliphatic hydroxyl groups is 1. The normalized spacial score (nSPS) is 13.6. The zero-order chi connectivity index (χ0) is 16.0. The molecule has 0 heterocycles. The zero-order valence-electron chi connectivity index (χ0n) is 12.5. The Labute approximate surface area is 123 Å². The lowest BCUT2D eigenvalue weighted by Gasteiger charge is -2.15. The molecule has 1 rings (SSSR count). The molecule has 2 atom stereocenters. The van der Waals surface area contributed by atoms with E-state index >= 15 is 0 Å². The Kier molecular flexibility index (Phi) is 6.55. The molecule has 1 aromatic rings. The molecular formula is C15H21F2NO3. The van der Waals surface area contributed by atoms with Gasteiger partial charge in [-0.25, -0.2) is 8.78 Å². The number of rotatable bonds is 7. The predicted octanol–water partition coefficient (Wildman–Crippen LogP) is 2.50. The van der Waals surface area contributed by atoms with Crippen LogP contribution in [0, 0.1) is 17.6 Å². The summed E-state index contributed by atoms with van der Waals surface area (Å²) in [4.78, 5) is 11.9. The summed E-state index contributed by atoms with van der Waals surface area (Å²) in [6, 6.07) is 2.16. The number of halogens is 2. The van der Waals surface area contributed by atoms with E-state index in [0.717, 1.165) is 12.1 Å². The van der Waals surface area contributed by atoms with Crippen molar-refractivity contribution in [2.24, 2.45) is 5.92 Å². The molecule has 0 fully saturated rings. The maximum Gasteiger partial charge on any atom is 0.257 e. The first-order valence-corrected chi connectivity index (χ1v) is 6.93. The van der Waals surface area contributed by atoms with E-state index in [4.69, 9.17) is 4.74 Å². The highest BCUT2D eigenvalue weighted by molar-refractivity contribution is 5.95. The smallest absolute Gasteiger partial charge is 0.257 e. The molecule has 0 saturated carbocycles. The molecule has 1 amide bonds. The SMILES string of the molecule is CCOc1ccc(F)c(C(=O)NCC(C)CC(C)O)c1F. The second kappa shape index (κ2) is 7.93. The fourth-order valence-corrected chi connectivity index (χ4v) is 2.03. The number of hydrogen-bond acceptors (Lipinski definition) is 3. The van der Waals surface area contributed by atoms with E-state index in [1.807, 2.05) is 6.92 Å². The van der Waals surface area contributed by atoms with Crippen molar-refractivity contribution >= 4 is 5.91 Å². The summed E-state index contributed by atoms with van der Waals surface area (Å²) in [5.74, 6) is -2.92. The highest BCUT2D eigenvalue weighted by Gasteiger charge is 2.21. The standard InChI is InChI=1S/C15H21F2NO3/c1-4-21-12-6-5-11(16)13(14(12)17)15(20)18-8-9(2)7-10(3)19/h5-6,9-10,19H,4,7-8H2,1-3H3,(H,18,20). The lowest BCUT2D eigenvalue weighted by Crippen LogP contribution is -2.31. The second-order valence-corrected chi connectivity index (χ2v) is 5.07. The molecule has 0 radical (unpaired) electrons. The Bertz CT molecular complexity index is 492. The molecule has 2 unspecified atom stereocenters. The first-order valence-electron chi connectivity index (χ1n) is 6.93. The Morgan fingerprint density at radius 3 is 2.62 bits per heavy atom. The Morgan fingerprint density at radius 1 is 1.38 bits per heavy atom. The van der Waals surface area contributed by atoms with Crippen LogP contribution in [0.25, 0.3) is 0 Å². The van der Waals surface area contributed by atoms with E-state index in [2.05, 4.69) is 5.32 Å². The number of hydrogen-bond donors (Lipinski definition) is 2. The van der Waals surface area contributed by atoms with Crippen molar-refractivity contribution in [1.82, 2.24) is 5.32 Å². The molecule has 0 saturated heterocycles. The minimum Gasteiger partial charge on any atom is -0.491 e. The lowest BCUT2D eigenvalue weighted by molar-refractivity contribution is 0.0929. The van der Waals surface area contributed by atoms with Crippen molar-refractivity contribution in [3.63, 3.8) is 0 Å². The van der Waals surface area contributed by atoms with Crippen molar-refractivity contribution < 1.29 is 23.4 Å². The molecule has 4 nitrogen and oxygen atoms in total. The quantitative estimate of drug-likeness (QED) is 0.813. The van der Waals surface area contributed by atoms with Crippen molar-refractivity contribution in [2.75, 3.05) is 13.2 Å². The topological polar surface area (TPSA) is 58.6 Å². The lowest BCUT2D eigenvalue weighted by atomic mass is 10.0. The summed E-state index contributed by atoms with van der Waals surface area (Å²) in [6.07, 6.45) is -0.00353. The summed E-state index contributed by atoms with van der Waals surface area (Å²) in [6.45, 7) is 5.58. The zero-order valence-corrected chi connectivity index (χ0v) is 12.5. The minimum absolute atomic E-state index is 0.00449. The number of carbonyl (C=O) groups excluding carboxylic acids is 1. The Morgan fingerprint density at radius 2 is 2.05 bits per heavy atom. The number of benzene rings is 1. The monoisotopic (exact) mass is 301 g/mol. The Balaban J connectivity index is 2.80. The van der Waals surface area contributed by atoms with Gasteiger partial charge in [0.2, 0.25) is 0 Å². The maximum atomic E-state index is 14.0. The fourth-order valence-electron chi connectivity index (χ4n) is 2.03. The molecule has 0 aliphatic carbocycles. The first kappa shape index (κ1) is 17.4. The number of ether oxygens (including phenoxy) is 1. The molecule has 1 aromatic carbocycles. The number of aliphatic hydroxyl groups excluding tert-OH is 1. The highest BCUT2D eigenvalue weighted by atomic mass is 19.1. The largest absolute Gasteiger partial charge is 0.491 e. The van der Waals surface area contributed by atoms with Crippen LogP contribution in [0.4, 0.5) is 8.78 Å². The van der Waals surface area contributed by atoms with Crippen LogP contribution in [0.1, 0.15) is 37.6 Å². The number of nitrogens with one attached hydrogen (secondary N) is 1. The van der Waals surface area contributed by atoms with Crippen LogP contribution < -0.4 is 10.1 Å². The average Bonchev–Trinajstić information content (AvgIpc) is 2.39. The van der Waals surface area contributed by atoms with E-state index in [-0.39, 0.29) is 24.8 Å². The van der Waals surface area contributed by atoms with Crippen LogP contribution in [-0.2, 0) is 0 Å². The van der Waals surface area contributed by atoms with Gasteiger partial charge in [-0.1, -0.05) is 6.92 Å². The van der Waals surface area contributed by atoms with E-state index in [9.17, 15) is 18.7 Å². The summed E-state index contributed by atoms with van der Waals surface area (Å²) in [7, 11) is 0. The highest BCUT2D eigenvalue weighted by Crippen LogP contribution is 2.23. The van der Waals surface area contributed by atoms with Gasteiger partial charge in [-0.2, -0.15) is 0 Å². The van der Waals surface area contributed by atoms with Crippen LogP contribution in [0.15, 0.2) is 12.1 Å². The third-order valence-electron chi connectivity index (χ3n) is 2.94. The minimum atomic E-state index is -1.00.